The van der Waals surface area contributed by atoms with E-state index in [9.17, 15) is 0 Å². The third-order valence-corrected chi connectivity index (χ3v) is 3.63. The van der Waals surface area contributed by atoms with Crippen LogP contribution in [-0.2, 0) is 0 Å². The summed E-state index contributed by atoms with van der Waals surface area (Å²) in [6.07, 6.45) is 3.68. The molecule has 1 aliphatic rings. The Morgan fingerprint density at radius 2 is 1.88 bits per heavy atom. The molecule has 94 valence electrons. The average Bonchev–Trinajstić information content (AvgIpc) is 2.13. The van der Waals surface area contributed by atoms with Gasteiger partial charge in [0.25, 0.3) is 0 Å². The summed E-state index contributed by atoms with van der Waals surface area (Å²) in [4.78, 5) is 8.50. The lowest BCUT2D eigenvalue weighted by atomic mass is 9.80. The van der Waals surface area contributed by atoms with Crippen molar-refractivity contribution >= 4 is 27.7 Å². The second kappa shape index (κ2) is 5.21. The molecule has 0 radical (unpaired) electrons. The maximum atomic E-state index is 5.70. The van der Waals surface area contributed by atoms with Gasteiger partial charge in [-0.2, -0.15) is 4.98 Å². The molecule has 2 rings (SSSR count). The molecule has 1 saturated carbocycles. The second-order valence-corrected chi connectivity index (χ2v) is 6.01. The van der Waals surface area contributed by atoms with Gasteiger partial charge in [-0.3, -0.25) is 0 Å². The molecular weight excluding hydrogens is 280 g/mol. The zero-order chi connectivity index (χ0) is 12.4. The first-order valence-electron chi connectivity index (χ1n) is 6.09. The van der Waals surface area contributed by atoms with E-state index < -0.39 is 0 Å². The minimum Gasteiger partial charge on any atom is -0.383 e. The molecule has 0 aliphatic heterocycles. The molecule has 0 amide bonds. The van der Waals surface area contributed by atoms with Crippen LogP contribution in [0.1, 0.15) is 33.1 Å². The molecule has 2 unspecified atom stereocenters. The van der Waals surface area contributed by atoms with E-state index in [0.717, 1.165) is 16.4 Å². The first-order chi connectivity index (χ1) is 8.02. The van der Waals surface area contributed by atoms with E-state index in [2.05, 4.69) is 45.1 Å². The highest BCUT2D eigenvalue weighted by Gasteiger charge is 2.24. The highest BCUT2D eigenvalue weighted by molar-refractivity contribution is 9.10. The van der Waals surface area contributed by atoms with Gasteiger partial charge < -0.3 is 11.1 Å². The number of nitrogen functional groups attached to an aromatic ring is 1. The molecule has 5 heteroatoms. The summed E-state index contributed by atoms with van der Waals surface area (Å²) >= 11 is 3.33. The van der Waals surface area contributed by atoms with E-state index in [1.807, 2.05) is 0 Å². The molecule has 1 aromatic heterocycles. The van der Waals surface area contributed by atoms with Gasteiger partial charge in [0.1, 0.15) is 10.4 Å². The summed E-state index contributed by atoms with van der Waals surface area (Å²) in [7, 11) is 0. The summed E-state index contributed by atoms with van der Waals surface area (Å²) in [5.41, 5.74) is 5.70. The fourth-order valence-corrected chi connectivity index (χ4v) is 3.15. The maximum Gasteiger partial charge on any atom is 0.225 e. The van der Waals surface area contributed by atoms with E-state index in [-0.39, 0.29) is 0 Å². The molecule has 3 N–H and O–H groups in total. The normalized spacial score (nSPS) is 29.0. The minimum absolute atomic E-state index is 0.461. The van der Waals surface area contributed by atoms with Crippen molar-refractivity contribution in [1.82, 2.24) is 9.97 Å². The van der Waals surface area contributed by atoms with Crippen LogP contribution in [0.25, 0.3) is 0 Å². The lowest BCUT2D eigenvalue weighted by Crippen LogP contribution is -2.31. The van der Waals surface area contributed by atoms with Crippen molar-refractivity contribution in [3.8, 4) is 0 Å². The SMILES string of the molecule is CC1CC(C)CC(Nc2nc(N)cc(Br)n2)C1. The van der Waals surface area contributed by atoms with Crippen molar-refractivity contribution in [2.45, 2.75) is 39.2 Å². The van der Waals surface area contributed by atoms with Gasteiger partial charge in [0, 0.05) is 12.1 Å². The number of nitrogens with one attached hydrogen (secondary N) is 1. The molecule has 0 bridgehead atoms. The fourth-order valence-electron chi connectivity index (χ4n) is 2.75. The molecule has 0 aromatic carbocycles. The quantitative estimate of drug-likeness (QED) is 0.824. The number of rotatable bonds is 2. The Morgan fingerprint density at radius 3 is 2.47 bits per heavy atom. The number of nitrogens with zero attached hydrogens (tertiary/aromatic N) is 2. The Hall–Kier alpha value is -0.840. The molecule has 1 fully saturated rings. The Bertz CT molecular complexity index is 366. The van der Waals surface area contributed by atoms with Gasteiger partial charge in [0.05, 0.1) is 0 Å². The molecule has 1 heterocycles. The van der Waals surface area contributed by atoms with Crippen LogP contribution in [0, 0.1) is 11.8 Å². The van der Waals surface area contributed by atoms with E-state index in [1.165, 1.54) is 19.3 Å². The number of hydrogen-bond donors (Lipinski definition) is 2. The maximum absolute atomic E-state index is 5.70. The summed E-state index contributed by atoms with van der Waals surface area (Å²) in [5.74, 6) is 2.65. The van der Waals surface area contributed by atoms with Gasteiger partial charge >= 0.3 is 0 Å². The molecule has 2 atom stereocenters. The van der Waals surface area contributed by atoms with Gasteiger partial charge in [-0.15, -0.1) is 0 Å². The van der Waals surface area contributed by atoms with Crippen LogP contribution in [0.4, 0.5) is 11.8 Å². The smallest absolute Gasteiger partial charge is 0.225 e. The summed E-state index contributed by atoms with van der Waals surface area (Å²) in [5, 5.41) is 3.39. The van der Waals surface area contributed by atoms with Gasteiger partial charge in [-0.25, -0.2) is 4.98 Å². The van der Waals surface area contributed by atoms with Crippen molar-refractivity contribution in [2.24, 2.45) is 11.8 Å². The van der Waals surface area contributed by atoms with E-state index in [1.54, 1.807) is 6.07 Å². The van der Waals surface area contributed by atoms with Crippen molar-refractivity contribution in [2.75, 3.05) is 11.1 Å². The first kappa shape index (κ1) is 12.6. The first-order valence-corrected chi connectivity index (χ1v) is 6.89. The summed E-state index contributed by atoms with van der Waals surface area (Å²) in [6, 6.07) is 2.17. The van der Waals surface area contributed by atoms with Crippen LogP contribution < -0.4 is 11.1 Å². The average molecular weight is 299 g/mol. The summed E-state index contributed by atoms with van der Waals surface area (Å²) < 4.78 is 0.726. The lowest BCUT2D eigenvalue weighted by Gasteiger charge is -2.31. The number of halogens is 1. The van der Waals surface area contributed by atoms with Crippen LogP contribution in [0.3, 0.4) is 0 Å². The van der Waals surface area contributed by atoms with E-state index in [4.69, 9.17) is 5.73 Å². The number of hydrogen-bond acceptors (Lipinski definition) is 4. The zero-order valence-electron chi connectivity index (χ0n) is 10.3. The molecule has 0 saturated heterocycles. The predicted octanol–water partition coefficient (Wildman–Crippen LogP) is 3.06. The van der Waals surface area contributed by atoms with Gasteiger partial charge in [-0.05, 0) is 47.0 Å². The van der Waals surface area contributed by atoms with Crippen LogP contribution >= 0.6 is 15.9 Å². The third kappa shape index (κ3) is 3.56. The van der Waals surface area contributed by atoms with Crippen molar-refractivity contribution in [1.29, 1.82) is 0 Å². The Balaban J connectivity index is 2.04. The van der Waals surface area contributed by atoms with Crippen molar-refractivity contribution in [3.05, 3.63) is 10.7 Å². The fraction of sp³-hybridized carbons (Fsp3) is 0.667. The molecule has 0 spiro atoms. The Kier molecular flexibility index (Phi) is 3.86. The highest BCUT2D eigenvalue weighted by atomic mass is 79.9. The number of anilines is 2. The largest absolute Gasteiger partial charge is 0.383 e. The minimum atomic E-state index is 0.461. The third-order valence-electron chi connectivity index (χ3n) is 3.23. The number of aromatic nitrogens is 2. The molecule has 1 aromatic rings. The zero-order valence-corrected chi connectivity index (χ0v) is 11.9. The second-order valence-electron chi connectivity index (χ2n) is 5.20. The van der Waals surface area contributed by atoms with Crippen LogP contribution in [-0.4, -0.2) is 16.0 Å². The standard InChI is InChI=1S/C12H19BrN4/c1-7-3-8(2)5-9(4-7)15-12-16-10(13)6-11(14)17-12/h6-9H,3-5H2,1-2H3,(H3,14,15,16,17). The van der Waals surface area contributed by atoms with E-state index >= 15 is 0 Å². The number of nitrogens with two attached hydrogens (primary N) is 1. The van der Waals surface area contributed by atoms with Crippen LogP contribution in [0.2, 0.25) is 0 Å². The molecule has 4 nitrogen and oxygen atoms in total. The van der Waals surface area contributed by atoms with Gasteiger partial charge in [0.15, 0.2) is 0 Å². The Labute approximate surface area is 111 Å². The predicted molar refractivity (Wildman–Crippen MR) is 73.7 cm³/mol. The highest BCUT2D eigenvalue weighted by Crippen LogP contribution is 2.30. The van der Waals surface area contributed by atoms with Gasteiger partial charge in [-0.1, -0.05) is 13.8 Å². The monoisotopic (exact) mass is 298 g/mol. The van der Waals surface area contributed by atoms with E-state index in [0.29, 0.717) is 17.8 Å². The Morgan fingerprint density at radius 1 is 1.24 bits per heavy atom. The van der Waals surface area contributed by atoms with Crippen molar-refractivity contribution in [3.63, 3.8) is 0 Å². The molecular formula is C12H19BrN4. The van der Waals surface area contributed by atoms with Crippen LogP contribution in [0.5, 0.6) is 0 Å². The molecule has 1 aliphatic carbocycles. The van der Waals surface area contributed by atoms with Crippen molar-refractivity contribution < 1.29 is 0 Å². The molecule has 17 heavy (non-hydrogen) atoms. The topological polar surface area (TPSA) is 63.8 Å². The van der Waals surface area contributed by atoms with Crippen LogP contribution in [0.15, 0.2) is 10.7 Å². The lowest BCUT2D eigenvalue weighted by molar-refractivity contribution is 0.280. The summed E-state index contributed by atoms with van der Waals surface area (Å²) in [6.45, 7) is 4.61. The van der Waals surface area contributed by atoms with Gasteiger partial charge in [0.2, 0.25) is 5.95 Å².